The number of halogens is 2. The fourth-order valence-electron chi connectivity index (χ4n) is 2.64. The van der Waals surface area contributed by atoms with Gasteiger partial charge in [0, 0.05) is 5.75 Å². The second kappa shape index (κ2) is 7.66. The van der Waals surface area contributed by atoms with E-state index in [1.807, 2.05) is 47.3 Å². The molecule has 0 N–H and O–H groups in total. The third-order valence-electron chi connectivity index (χ3n) is 3.93. The molecule has 0 spiro atoms. The van der Waals surface area contributed by atoms with E-state index < -0.39 is 0 Å². The van der Waals surface area contributed by atoms with Crippen LogP contribution in [-0.2, 0) is 12.3 Å². The Hall–Kier alpha value is -2.08. The van der Waals surface area contributed by atoms with Crippen molar-refractivity contribution in [2.24, 2.45) is 0 Å². The SMILES string of the molecule is Clc1ccc(CSc2ncnc3c2cnn3Cc2ccccc2)cc1Cl. The molecule has 0 bridgehead atoms. The van der Waals surface area contributed by atoms with E-state index in [-0.39, 0.29) is 0 Å². The molecule has 0 unspecified atom stereocenters. The highest BCUT2D eigenvalue weighted by Crippen LogP contribution is 2.30. The molecule has 0 atom stereocenters. The van der Waals surface area contributed by atoms with Gasteiger partial charge in [-0.15, -0.1) is 11.8 Å². The van der Waals surface area contributed by atoms with Crippen LogP contribution in [0.3, 0.4) is 0 Å². The number of nitrogens with zero attached hydrogens (tertiary/aromatic N) is 4. The standard InChI is InChI=1S/C19H14Cl2N4S/c20-16-7-6-14(8-17(16)21)11-26-19-15-9-24-25(18(15)22-12-23-19)10-13-4-2-1-3-5-13/h1-9,12H,10-11H2. The second-order valence-electron chi connectivity index (χ2n) is 5.74. The number of hydrogen-bond acceptors (Lipinski definition) is 4. The highest BCUT2D eigenvalue weighted by molar-refractivity contribution is 7.98. The molecule has 0 radical (unpaired) electrons. The number of fused-ring (bicyclic) bond motifs is 1. The molecule has 4 rings (SSSR count). The van der Waals surface area contributed by atoms with Gasteiger partial charge in [0.2, 0.25) is 0 Å². The number of thioether (sulfide) groups is 1. The van der Waals surface area contributed by atoms with Gasteiger partial charge in [-0.3, -0.25) is 0 Å². The van der Waals surface area contributed by atoms with Crippen LogP contribution in [0.25, 0.3) is 11.0 Å². The average molecular weight is 401 g/mol. The molecule has 2 aromatic heterocycles. The molecule has 0 aliphatic heterocycles. The third-order valence-corrected chi connectivity index (χ3v) is 5.75. The molecular weight excluding hydrogens is 387 g/mol. The van der Waals surface area contributed by atoms with Gasteiger partial charge in [0.05, 0.1) is 28.2 Å². The van der Waals surface area contributed by atoms with Gasteiger partial charge < -0.3 is 0 Å². The minimum absolute atomic E-state index is 0.562. The van der Waals surface area contributed by atoms with E-state index in [1.165, 1.54) is 5.56 Å². The van der Waals surface area contributed by atoms with Gasteiger partial charge in [0.1, 0.15) is 11.4 Å². The zero-order chi connectivity index (χ0) is 17.9. The molecule has 2 heterocycles. The lowest BCUT2D eigenvalue weighted by Gasteiger charge is -2.05. The van der Waals surface area contributed by atoms with Crippen molar-refractivity contribution in [3.8, 4) is 0 Å². The van der Waals surface area contributed by atoms with E-state index in [0.29, 0.717) is 16.6 Å². The first kappa shape index (κ1) is 17.3. The normalized spacial score (nSPS) is 11.2. The number of aromatic nitrogens is 4. The summed E-state index contributed by atoms with van der Waals surface area (Å²) in [5.41, 5.74) is 3.11. The van der Waals surface area contributed by atoms with Crippen LogP contribution >= 0.6 is 35.0 Å². The van der Waals surface area contributed by atoms with Gasteiger partial charge in [-0.2, -0.15) is 5.10 Å². The van der Waals surface area contributed by atoms with Gasteiger partial charge in [-0.05, 0) is 23.3 Å². The van der Waals surface area contributed by atoms with Gasteiger partial charge in [-0.1, -0.05) is 59.6 Å². The van der Waals surface area contributed by atoms with Crippen LogP contribution in [0.5, 0.6) is 0 Å². The van der Waals surface area contributed by atoms with Crippen LogP contribution < -0.4 is 0 Å². The summed E-state index contributed by atoms with van der Waals surface area (Å²) < 4.78 is 1.90. The van der Waals surface area contributed by atoms with Crippen LogP contribution in [0.4, 0.5) is 0 Å². The molecular formula is C19H14Cl2N4S. The summed E-state index contributed by atoms with van der Waals surface area (Å²) in [6.07, 6.45) is 3.41. The lowest BCUT2D eigenvalue weighted by Crippen LogP contribution is -2.02. The Morgan fingerprint density at radius 1 is 0.923 bits per heavy atom. The van der Waals surface area contributed by atoms with E-state index in [9.17, 15) is 0 Å². The highest BCUT2D eigenvalue weighted by Gasteiger charge is 2.11. The maximum absolute atomic E-state index is 6.09. The zero-order valence-electron chi connectivity index (χ0n) is 13.6. The maximum Gasteiger partial charge on any atom is 0.162 e. The highest BCUT2D eigenvalue weighted by atomic mass is 35.5. The maximum atomic E-state index is 6.09. The fourth-order valence-corrected chi connectivity index (χ4v) is 3.86. The Balaban J connectivity index is 1.57. The Bertz CT molecular complexity index is 1050. The molecule has 7 heteroatoms. The largest absolute Gasteiger partial charge is 0.243 e. The number of benzene rings is 2. The summed E-state index contributed by atoms with van der Waals surface area (Å²) in [4.78, 5) is 8.84. The third kappa shape index (κ3) is 3.70. The summed E-state index contributed by atoms with van der Waals surface area (Å²) in [5, 5.41) is 7.47. The first-order valence-corrected chi connectivity index (χ1v) is 9.72. The van der Waals surface area contributed by atoms with Crippen molar-refractivity contribution in [2.75, 3.05) is 0 Å². The van der Waals surface area contributed by atoms with E-state index >= 15 is 0 Å². The van der Waals surface area contributed by atoms with E-state index in [2.05, 4.69) is 27.2 Å². The van der Waals surface area contributed by atoms with Gasteiger partial charge in [0.15, 0.2) is 5.65 Å². The lowest BCUT2D eigenvalue weighted by atomic mass is 10.2. The van der Waals surface area contributed by atoms with Crippen molar-refractivity contribution < 1.29 is 0 Å². The van der Waals surface area contributed by atoms with Crippen LogP contribution in [0.15, 0.2) is 66.1 Å². The van der Waals surface area contributed by atoms with E-state index in [4.69, 9.17) is 23.2 Å². The van der Waals surface area contributed by atoms with Crippen LogP contribution in [-0.4, -0.2) is 19.7 Å². The van der Waals surface area contributed by atoms with E-state index in [0.717, 1.165) is 27.4 Å². The molecule has 0 saturated heterocycles. The van der Waals surface area contributed by atoms with Crippen molar-refractivity contribution in [1.29, 1.82) is 0 Å². The fraction of sp³-hybridized carbons (Fsp3) is 0.105. The lowest BCUT2D eigenvalue weighted by molar-refractivity contribution is 0.703. The number of rotatable bonds is 5. The Morgan fingerprint density at radius 3 is 2.58 bits per heavy atom. The minimum Gasteiger partial charge on any atom is -0.243 e. The second-order valence-corrected chi connectivity index (χ2v) is 7.52. The predicted molar refractivity (Wildman–Crippen MR) is 107 cm³/mol. The Morgan fingerprint density at radius 2 is 1.77 bits per heavy atom. The van der Waals surface area contributed by atoms with Crippen molar-refractivity contribution in [3.63, 3.8) is 0 Å². The zero-order valence-corrected chi connectivity index (χ0v) is 16.0. The molecule has 0 aliphatic rings. The van der Waals surface area contributed by atoms with Gasteiger partial charge in [0.25, 0.3) is 0 Å². The Labute approximate surface area is 165 Å². The summed E-state index contributed by atoms with van der Waals surface area (Å²) >= 11 is 13.7. The summed E-state index contributed by atoms with van der Waals surface area (Å²) in [5.74, 6) is 0.743. The van der Waals surface area contributed by atoms with Crippen LogP contribution in [0.1, 0.15) is 11.1 Å². The van der Waals surface area contributed by atoms with Crippen molar-refractivity contribution in [1.82, 2.24) is 19.7 Å². The number of hydrogen-bond donors (Lipinski definition) is 0. The minimum atomic E-state index is 0.562. The van der Waals surface area contributed by atoms with Crippen molar-refractivity contribution in [2.45, 2.75) is 17.3 Å². The monoisotopic (exact) mass is 400 g/mol. The van der Waals surface area contributed by atoms with E-state index in [1.54, 1.807) is 18.1 Å². The topological polar surface area (TPSA) is 43.6 Å². The van der Waals surface area contributed by atoms with Gasteiger partial charge in [-0.25, -0.2) is 14.6 Å². The van der Waals surface area contributed by atoms with Crippen molar-refractivity contribution >= 4 is 46.0 Å². The smallest absolute Gasteiger partial charge is 0.162 e. The molecule has 0 amide bonds. The molecule has 2 aromatic carbocycles. The molecule has 0 aliphatic carbocycles. The first-order chi connectivity index (χ1) is 12.7. The van der Waals surface area contributed by atoms with Crippen molar-refractivity contribution in [3.05, 3.63) is 82.2 Å². The van der Waals surface area contributed by atoms with Gasteiger partial charge >= 0.3 is 0 Å². The molecule has 4 nitrogen and oxygen atoms in total. The molecule has 4 aromatic rings. The molecule has 0 saturated carbocycles. The predicted octanol–water partition coefficient (Wildman–Crippen LogP) is 5.47. The molecule has 130 valence electrons. The summed E-state index contributed by atoms with van der Waals surface area (Å²) in [6.45, 7) is 0.679. The summed E-state index contributed by atoms with van der Waals surface area (Å²) in [6, 6.07) is 15.9. The first-order valence-electron chi connectivity index (χ1n) is 7.98. The Kier molecular flexibility index (Phi) is 5.11. The van der Waals surface area contributed by atoms with Crippen LogP contribution in [0, 0.1) is 0 Å². The molecule has 0 fully saturated rings. The summed E-state index contributed by atoms with van der Waals surface area (Å²) in [7, 11) is 0. The molecule has 26 heavy (non-hydrogen) atoms. The average Bonchev–Trinajstić information content (AvgIpc) is 3.07. The quantitative estimate of drug-likeness (QED) is 0.328. The van der Waals surface area contributed by atoms with Crippen LogP contribution in [0.2, 0.25) is 10.0 Å².